The van der Waals surface area contributed by atoms with Gasteiger partial charge >= 0.3 is 0 Å². The van der Waals surface area contributed by atoms with Gasteiger partial charge in [-0.15, -0.1) is 0 Å². The molecule has 3 nitrogen and oxygen atoms in total. The molecule has 0 amide bonds. The number of para-hydroxylation sites is 3. The minimum atomic E-state index is -0.0836. The summed E-state index contributed by atoms with van der Waals surface area (Å²) in [6.07, 6.45) is 4.84. The molecule has 1 aliphatic carbocycles. The Labute approximate surface area is 354 Å². The molecule has 8 aromatic rings. The van der Waals surface area contributed by atoms with Crippen LogP contribution in [-0.2, 0) is 5.41 Å². The second-order valence-corrected chi connectivity index (χ2v) is 17.6. The average Bonchev–Trinajstić information content (AvgIpc) is 3.52. The van der Waals surface area contributed by atoms with Gasteiger partial charge < -0.3 is 14.7 Å². The van der Waals surface area contributed by atoms with E-state index in [1.165, 1.54) is 86.2 Å². The first-order chi connectivity index (χ1) is 29.5. The summed E-state index contributed by atoms with van der Waals surface area (Å²) in [4.78, 5) is 7.86. The van der Waals surface area contributed by atoms with Gasteiger partial charge in [-0.2, -0.15) is 0 Å². The molecule has 3 heterocycles. The highest BCUT2D eigenvalue weighted by Gasteiger charge is 2.61. The van der Waals surface area contributed by atoms with Crippen LogP contribution in [-0.4, -0.2) is 12.3 Å². The predicted octanol–water partition coefficient (Wildman–Crippen LogP) is 12.8. The van der Waals surface area contributed by atoms with E-state index in [0.29, 0.717) is 0 Å². The highest BCUT2D eigenvalue weighted by atomic mass is 15.3. The third-order valence-electron chi connectivity index (χ3n) is 14.6. The van der Waals surface area contributed by atoms with Gasteiger partial charge in [-0.25, -0.2) is 0 Å². The van der Waals surface area contributed by atoms with E-state index < -0.39 is 0 Å². The molecule has 288 valence electrons. The van der Waals surface area contributed by atoms with Gasteiger partial charge in [0, 0.05) is 45.2 Å². The number of anilines is 8. The van der Waals surface area contributed by atoms with E-state index >= 15 is 0 Å². The van der Waals surface area contributed by atoms with E-state index in [2.05, 4.69) is 223 Å². The predicted molar refractivity (Wildman–Crippen MR) is 254 cm³/mol. The Balaban J connectivity index is 1.18. The summed E-state index contributed by atoms with van der Waals surface area (Å²) in [5.74, 6) is 0. The molecule has 0 bridgehead atoms. The van der Waals surface area contributed by atoms with Crippen LogP contribution in [0.5, 0.6) is 0 Å². The van der Waals surface area contributed by atoms with Crippen LogP contribution < -0.4 is 31.1 Å². The Morgan fingerprint density at radius 1 is 0.467 bits per heavy atom. The minimum Gasteiger partial charge on any atom is -0.335 e. The molecule has 60 heavy (non-hydrogen) atoms. The smallest absolute Gasteiger partial charge is 0.252 e. The lowest BCUT2D eigenvalue weighted by molar-refractivity contribution is 0.195. The molecule has 1 fully saturated rings. The quantitative estimate of drug-likeness (QED) is 0.156. The van der Waals surface area contributed by atoms with Crippen LogP contribution in [0, 0.1) is 0 Å². The number of hydrogen-bond donors (Lipinski definition) is 0. The van der Waals surface area contributed by atoms with Crippen molar-refractivity contribution in [3.05, 3.63) is 200 Å². The van der Waals surface area contributed by atoms with Crippen molar-refractivity contribution >= 4 is 68.6 Å². The summed E-state index contributed by atoms with van der Waals surface area (Å²) < 4.78 is 0. The van der Waals surface area contributed by atoms with Crippen molar-refractivity contribution in [3.8, 4) is 22.3 Å². The summed E-state index contributed by atoms with van der Waals surface area (Å²) >= 11 is 0. The van der Waals surface area contributed by atoms with Gasteiger partial charge in [-0.3, -0.25) is 0 Å². The highest BCUT2D eigenvalue weighted by Crippen LogP contribution is 2.62. The standard InChI is InChI=1S/C56H46BN3/c1-55-34-15-16-35-56(55,2)60-52-38-46(58(43-22-11-5-12-23-43)44-24-13-6-14-25-44)37-51-53(52)57(48-27-17-26-47(55)54(48)60)49-36-42(40-20-9-4-10-21-40)30-33-50(49)59(51)45-31-28-41(29-32-45)39-18-7-3-8-19-39/h3-14,17-33,36-38H,15-16,34-35H2,1-2H3. The fourth-order valence-electron chi connectivity index (χ4n) is 11.5. The monoisotopic (exact) mass is 771 g/mol. The van der Waals surface area contributed by atoms with Gasteiger partial charge in [-0.1, -0.05) is 159 Å². The maximum absolute atomic E-state index is 2.84. The van der Waals surface area contributed by atoms with Gasteiger partial charge in [0.05, 0.1) is 11.2 Å². The third kappa shape index (κ3) is 5.03. The molecule has 12 rings (SSSR count). The molecule has 1 saturated carbocycles. The van der Waals surface area contributed by atoms with Crippen molar-refractivity contribution in [2.45, 2.75) is 50.5 Å². The number of nitrogens with zero attached hydrogens (tertiary/aromatic N) is 3. The van der Waals surface area contributed by atoms with Gasteiger partial charge in [0.1, 0.15) is 0 Å². The summed E-state index contributed by atoms with van der Waals surface area (Å²) in [5.41, 5.74) is 20.4. The molecule has 3 aliphatic heterocycles. The lowest BCUT2D eigenvalue weighted by Gasteiger charge is -2.53. The molecule has 4 aliphatic rings. The minimum absolute atomic E-state index is 0.0210. The third-order valence-corrected chi connectivity index (χ3v) is 14.6. The van der Waals surface area contributed by atoms with E-state index in [0.717, 1.165) is 29.2 Å². The second kappa shape index (κ2) is 13.4. The van der Waals surface area contributed by atoms with Crippen LogP contribution in [0.2, 0.25) is 0 Å². The van der Waals surface area contributed by atoms with Gasteiger partial charge in [-0.05, 0) is 119 Å². The maximum atomic E-state index is 2.84. The van der Waals surface area contributed by atoms with Crippen molar-refractivity contribution in [1.29, 1.82) is 0 Å². The van der Waals surface area contributed by atoms with Crippen LogP contribution in [0.4, 0.5) is 45.5 Å². The van der Waals surface area contributed by atoms with Crippen molar-refractivity contribution in [3.63, 3.8) is 0 Å². The summed E-state index contributed by atoms with van der Waals surface area (Å²) in [5, 5.41) is 0. The first-order valence-corrected chi connectivity index (χ1v) is 21.7. The molecule has 8 aromatic carbocycles. The summed E-state index contributed by atoms with van der Waals surface area (Å²) in [7, 11) is 0. The lowest BCUT2D eigenvalue weighted by Crippen LogP contribution is -2.64. The number of rotatable bonds is 6. The van der Waals surface area contributed by atoms with Gasteiger partial charge in [0.2, 0.25) is 0 Å². The Hall–Kier alpha value is -6.78. The maximum Gasteiger partial charge on any atom is 0.252 e. The molecule has 2 unspecified atom stereocenters. The molecule has 4 heteroatoms. The Kier molecular flexibility index (Phi) is 7.84. The SMILES string of the molecule is CC12CCCCC1(C)N1c3cc(N(c4ccccc4)c4ccccc4)cc4c3B(c3cc(-c5ccccc5)ccc3N4c3ccc(-c4ccccc4)cc3)c3cccc2c31. The van der Waals surface area contributed by atoms with Crippen molar-refractivity contribution in [2.24, 2.45) is 0 Å². The van der Waals surface area contributed by atoms with Crippen LogP contribution in [0.3, 0.4) is 0 Å². The van der Waals surface area contributed by atoms with Gasteiger partial charge in [0.25, 0.3) is 6.71 Å². The molecule has 0 saturated heterocycles. The van der Waals surface area contributed by atoms with E-state index in [9.17, 15) is 0 Å². The number of fused-ring (bicyclic) bond motifs is 7. The Morgan fingerprint density at radius 3 is 1.70 bits per heavy atom. The fourth-order valence-corrected chi connectivity index (χ4v) is 11.5. The first kappa shape index (κ1) is 35.2. The first-order valence-electron chi connectivity index (χ1n) is 21.7. The molecule has 0 aromatic heterocycles. The van der Waals surface area contributed by atoms with Crippen LogP contribution >= 0.6 is 0 Å². The molecular formula is C56H46BN3. The van der Waals surface area contributed by atoms with Gasteiger partial charge in [0.15, 0.2) is 0 Å². The molecule has 2 atom stereocenters. The lowest BCUT2D eigenvalue weighted by atomic mass is 9.33. The normalized spacial score (nSPS) is 19.3. The van der Waals surface area contributed by atoms with Crippen molar-refractivity contribution < 1.29 is 0 Å². The molecule has 0 spiro atoms. The zero-order chi connectivity index (χ0) is 40.0. The summed E-state index contributed by atoms with van der Waals surface area (Å²) in [6.45, 7) is 5.20. The fraction of sp³-hybridized carbons (Fsp3) is 0.143. The van der Waals surface area contributed by atoms with Crippen molar-refractivity contribution in [2.75, 3.05) is 14.7 Å². The van der Waals surface area contributed by atoms with E-state index in [-0.39, 0.29) is 17.7 Å². The number of hydrogen-bond acceptors (Lipinski definition) is 3. The molecule has 0 N–H and O–H groups in total. The molecule has 0 radical (unpaired) electrons. The number of benzene rings is 8. The van der Waals surface area contributed by atoms with E-state index in [1.54, 1.807) is 0 Å². The zero-order valence-electron chi connectivity index (χ0n) is 34.2. The zero-order valence-corrected chi connectivity index (χ0v) is 34.2. The average molecular weight is 772 g/mol. The van der Waals surface area contributed by atoms with Crippen LogP contribution in [0.25, 0.3) is 22.3 Å². The van der Waals surface area contributed by atoms with E-state index in [4.69, 9.17) is 0 Å². The topological polar surface area (TPSA) is 9.72 Å². The molecular weight excluding hydrogens is 725 g/mol. The van der Waals surface area contributed by atoms with Crippen LogP contribution in [0.15, 0.2) is 194 Å². The van der Waals surface area contributed by atoms with Crippen molar-refractivity contribution in [1.82, 2.24) is 0 Å². The Bertz CT molecular complexity index is 2880. The summed E-state index contributed by atoms with van der Waals surface area (Å²) in [6, 6.07) is 72.2. The van der Waals surface area contributed by atoms with Crippen LogP contribution in [0.1, 0.15) is 45.1 Å². The largest absolute Gasteiger partial charge is 0.335 e. The second-order valence-electron chi connectivity index (χ2n) is 17.6. The highest BCUT2D eigenvalue weighted by molar-refractivity contribution is 7.00. The Morgan fingerprint density at radius 2 is 1.03 bits per heavy atom. The van der Waals surface area contributed by atoms with E-state index in [1.807, 2.05) is 0 Å².